The van der Waals surface area contributed by atoms with Crippen LogP contribution < -0.4 is 5.32 Å². The summed E-state index contributed by atoms with van der Waals surface area (Å²) in [4.78, 5) is 14.0. The molecule has 0 aromatic heterocycles. The summed E-state index contributed by atoms with van der Waals surface area (Å²) in [5.41, 5.74) is 0. The Morgan fingerprint density at radius 1 is 1.35 bits per heavy atom. The van der Waals surface area contributed by atoms with Gasteiger partial charge in [-0.15, -0.1) is 0 Å². The third-order valence-corrected chi connectivity index (χ3v) is 3.52. The maximum absolute atomic E-state index is 11.5. The molecule has 0 aromatic rings. The van der Waals surface area contributed by atoms with E-state index in [9.17, 15) is 4.79 Å². The number of piperidine rings is 1. The van der Waals surface area contributed by atoms with E-state index in [-0.39, 0.29) is 12.5 Å². The number of nitrogens with zero attached hydrogens (tertiary/aromatic N) is 1. The first-order valence-corrected chi connectivity index (χ1v) is 7.87. The van der Waals surface area contributed by atoms with Gasteiger partial charge in [-0.05, 0) is 45.2 Å². The van der Waals surface area contributed by atoms with Crippen molar-refractivity contribution in [2.45, 2.75) is 33.1 Å². The monoisotopic (exact) mass is 286 g/mol. The maximum Gasteiger partial charge on any atom is 0.246 e. The predicted octanol–water partition coefficient (Wildman–Crippen LogP) is 1.28. The molecule has 5 nitrogen and oxygen atoms in total. The van der Waals surface area contributed by atoms with Gasteiger partial charge >= 0.3 is 0 Å². The van der Waals surface area contributed by atoms with E-state index in [4.69, 9.17) is 9.47 Å². The van der Waals surface area contributed by atoms with Crippen molar-refractivity contribution >= 4 is 5.91 Å². The van der Waals surface area contributed by atoms with Crippen LogP contribution in [0, 0.1) is 5.92 Å². The molecule has 1 fully saturated rings. The molecule has 1 N–H and O–H groups in total. The van der Waals surface area contributed by atoms with Crippen molar-refractivity contribution < 1.29 is 14.3 Å². The summed E-state index contributed by atoms with van der Waals surface area (Å²) >= 11 is 0. The van der Waals surface area contributed by atoms with E-state index in [1.165, 1.54) is 25.9 Å². The number of hydrogen-bond donors (Lipinski definition) is 1. The van der Waals surface area contributed by atoms with Crippen molar-refractivity contribution in [3.8, 4) is 0 Å². The number of carbonyl (C=O) groups excluding carboxylic acids is 1. The van der Waals surface area contributed by atoms with E-state index < -0.39 is 0 Å². The average molecular weight is 286 g/mol. The van der Waals surface area contributed by atoms with Gasteiger partial charge in [0.25, 0.3) is 0 Å². The Hall–Kier alpha value is -0.650. The van der Waals surface area contributed by atoms with Gasteiger partial charge in [-0.25, -0.2) is 0 Å². The summed E-state index contributed by atoms with van der Waals surface area (Å²) < 4.78 is 10.3. The average Bonchev–Trinajstić information content (AvgIpc) is 2.43. The predicted molar refractivity (Wildman–Crippen MR) is 79.8 cm³/mol. The van der Waals surface area contributed by atoms with Gasteiger partial charge in [0.05, 0.1) is 13.2 Å². The molecule has 1 saturated heterocycles. The molecule has 5 heteroatoms. The minimum absolute atomic E-state index is 0.0338. The zero-order valence-electron chi connectivity index (χ0n) is 13.0. The largest absolute Gasteiger partial charge is 0.379 e. The van der Waals surface area contributed by atoms with Crippen LogP contribution in [0.25, 0.3) is 0 Å². The molecule has 1 unspecified atom stereocenters. The molecule has 1 rings (SSSR count). The molecule has 20 heavy (non-hydrogen) atoms. The minimum atomic E-state index is -0.0338. The van der Waals surface area contributed by atoms with Crippen molar-refractivity contribution in [3.05, 3.63) is 0 Å². The van der Waals surface area contributed by atoms with Crippen LogP contribution in [0.4, 0.5) is 0 Å². The number of carbonyl (C=O) groups is 1. The second-order valence-corrected chi connectivity index (χ2v) is 5.50. The Morgan fingerprint density at radius 3 is 2.90 bits per heavy atom. The van der Waals surface area contributed by atoms with Gasteiger partial charge in [0.1, 0.15) is 6.61 Å². The van der Waals surface area contributed by atoms with Crippen molar-refractivity contribution in [2.24, 2.45) is 5.92 Å². The Morgan fingerprint density at radius 2 is 2.15 bits per heavy atom. The van der Waals surface area contributed by atoms with Crippen molar-refractivity contribution in [2.75, 3.05) is 52.6 Å². The number of hydrogen-bond acceptors (Lipinski definition) is 4. The molecule has 0 aromatic carbocycles. The Bertz CT molecular complexity index is 262. The highest BCUT2D eigenvalue weighted by molar-refractivity contribution is 5.77. The van der Waals surface area contributed by atoms with Crippen molar-refractivity contribution in [1.82, 2.24) is 10.2 Å². The molecule has 0 aliphatic carbocycles. The van der Waals surface area contributed by atoms with Gasteiger partial charge in [-0.1, -0.05) is 6.92 Å². The lowest BCUT2D eigenvalue weighted by molar-refractivity contribution is -0.126. The zero-order chi connectivity index (χ0) is 14.6. The first-order chi connectivity index (χ1) is 9.72. The zero-order valence-corrected chi connectivity index (χ0v) is 13.0. The first-order valence-electron chi connectivity index (χ1n) is 7.87. The second-order valence-electron chi connectivity index (χ2n) is 5.50. The lowest BCUT2D eigenvalue weighted by atomic mass is 10.0. The number of likely N-dealkylation sites (tertiary alicyclic amines) is 1. The van der Waals surface area contributed by atoms with Crippen LogP contribution >= 0.6 is 0 Å². The fourth-order valence-corrected chi connectivity index (χ4v) is 2.50. The lowest BCUT2D eigenvalue weighted by Crippen LogP contribution is -2.37. The van der Waals surface area contributed by atoms with Gasteiger partial charge in [-0.3, -0.25) is 4.79 Å². The highest BCUT2D eigenvalue weighted by atomic mass is 16.5. The Labute approximate surface area is 123 Å². The molecule has 118 valence electrons. The molecule has 0 radical (unpaired) electrons. The molecule has 0 spiro atoms. The third kappa shape index (κ3) is 8.51. The molecule has 1 atom stereocenters. The van der Waals surface area contributed by atoms with Crippen LogP contribution in [0.3, 0.4) is 0 Å². The quantitative estimate of drug-likeness (QED) is 0.615. The first kappa shape index (κ1) is 17.4. The van der Waals surface area contributed by atoms with E-state index in [2.05, 4.69) is 17.1 Å². The molecule has 1 aliphatic heterocycles. The number of ether oxygens (including phenoxy) is 2. The third-order valence-electron chi connectivity index (χ3n) is 3.52. The molecule has 0 bridgehead atoms. The SMILES string of the molecule is CCOCCOCC(=O)NCCCN1CCCC(C)C1. The molecule has 1 amide bonds. The van der Waals surface area contributed by atoms with Gasteiger partial charge in [0.15, 0.2) is 0 Å². The van der Waals surface area contributed by atoms with E-state index in [1.807, 2.05) is 6.92 Å². The van der Waals surface area contributed by atoms with E-state index in [1.54, 1.807) is 0 Å². The molecule has 1 aliphatic rings. The molecular weight excluding hydrogens is 256 g/mol. The van der Waals surface area contributed by atoms with Crippen LogP contribution in [0.5, 0.6) is 0 Å². The van der Waals surface area contributed by atoms with Crippen LogP contribution in [-0.4, -0.2) is 63.4 Å². The van der Waals surface area contributed by atoms with Crippen LogP contribution in [0.15, 0.2) is 0 Å². The van der Waals surface area contributed by atoms with Crippen LogP contribution in [0.2, 0.25) is 0 Å². The van der Waals surface area contributed by atoms with E-state index >= 15 is 0 Å². The molecule has 1 heterocycles. The van der Waals surface area contributed by atoms with Gasteiger partial charge < -0.3 is 19.7 Å². The fraction of sp³-hybridized carbons (Fsp3) is 0.933. The van der Waals surface area contributed by atoms with E-state index in [0.717, 1.165) is 25.4 Å². The Kier molecular flexibility index (Phi) is 9.62. The standard InChI is InChI=1S/C15H30N2O3/c1-3-19-10-11-20-13-15(18)16-7-5-9-17-8-4-6-14(2)12-17/h14H,3-13H2,1-2H3,(H,16,18). The smallest absolute Gasteiger partial charge is 0.246 e. The summed E-state index contributed by atoms with van der Waals surface area (Å²) in [5, 5.41) is 2.89. The van der Waals surface area contributed by atoms with Crippen LogP contribution in [-0.2, 0) is 14.3 Å². The van der Waals surface area contributed by atoms with Gasteiger partial charge in [-0.2, -0.15) is 0 Å². The highest BCUT2D eigenvalue weighted by Crippen LogP contribution is 2.15. The van der Waals surface area contributed by atoms with Gasteiger partial charge in [0, 0.05) is 19.7 Å². The summed E-state index contributed by atoms with van der Waals surface area (Å²) in [5.74, 6) is 0.783. The maximum atomic E-state index is 11.5. The van der Waals surface area contributed by atoms with Crippen molar-refractivity contribution in [1.29, 1.82) is 0 Å². The van der Waals surface area contributed by atoms with Crippen molar-refractivity contribution in [3.63, 3.8) is 0 Å². The Balaban J connectivity index is 1.91. The fourth-order valence-electron chi connectivity index (χ4n) is 2.50. The topological polar surface area (TPSA) is 50.8 Å². The normalized spacial score (nSPS) is 20.0. The number of nitrogens with one attached hydrogen (secondary N) is 1. The van der Waals surface area contributed by atoms with E-state index in [0.29, 0.717) is 19.8 Å². The summed E-state index contributed by atoms with van der Waals surface area (Å²) in [6, 6.07) is 0. The summed E-state index contributed by atoms with van der Waals surface area (Å²) in [6.45, 7) is 10.3. The molecular formula is C15H30N2O3. The second kappa shape index (κ2) is 11.1. The van der Waals surface area contributed by atoms with Gasteiger partial charge in [0.2, 0.25) is 5.91 Å². The number of amides is 1. The summed E-state index contributed by atoms with van der Waals surface area (Å²) in [7, 11) is 0. The highest BCUT2D eigenvalue weighted by Gasteiger charge is 2.15. The number of rotatable bonds is 10. The lowest BCUT2D eigenvalue weighted by Gasteiger charge is -2.30. The van der Waals surface area contributed by atoms with Crippen LogP contribution in [0.1, 0.15) is 33.1 Å². The minimum Gasteiger partial charge on any atom is -0.379 e. The summed E-state index contributed by atoms with van der Waals surface area (Å²) in [6.07, 6.45) is 3.67. The molecule has 0 saturated carbocycles.